The molecule has 0 amide bonds. The number of ketones is 1. The normalized spacial score (nSPS) is 21.7. The molecule has 0 spiro atoms. The maximum atomic E-state index is 11.4. The molecule has 106 valence electrons. The van der Waals surface area contributed by atoms with E-state index in [2.05, 4.69) is 10.2 Å². The monoisotopic (exact) mass is 303 g/mol. The number of nitrogens with zero attached hydrogens (tertiary/aromatic N) is 3. The van der Waals surface area contributed by atoms with Crippen molar-refractivity contribution in [3.05, 3.63) is 5.82 Å². The number of thioether (sulfide) groups is 1. The summed E-state index contributed by atoms with van der Waals surface area (Å²) < 4.78 is 24.7. The Balaban J connectivity index is 2.00. The van der Waals surface area contributed by atoms with Crippen molar-refractivity contribution < 1.29 is 13.2 Å². The van der Waals surface area contributed by atoms with E-state index in [4.69, 9.17) is 0 Å². The summed E-state index contributed by atoms with van der Waals surface area (Å²) in [5.41, 5.74) is 0. The Morgan fingerprint density at radius 3 is 2.79 bits per heavy atom. The van der Waals surface area contributed by atoms with Crippen LogP contribution in [0.3, 0.4) is 0 Å². The van der Waals surface area contributed by atoms with Gasteiger partial charge in [-0.2, -0.15) is 0 Å². The Morgan fingerprint density at radius 1 is 1.47 bits per heavy atom. The van der Waals surface area contributed by atoms with Crippen molar-refractivity contribution in [1.82, 2.24) is 14.8 Å². The predicted molar refractivity (Wildman–Crippen MR) is 72.9 cm³/mol. The number of carbonyl (C=O) groups is 1. The Kier molecular flexibility index (Phi) is 4.29. The average molecular weight is 303 g/mol. The lowest BCUT2D eigenvalue weighted by atomic mass is 10.1. The van der Waals surface area contributed by atoms with Crippen LogP contribution in [0.4, 0.5) is 0 Å². The molecule has 0 unspecified atom stereocenters. The van der Waals surface area contributed by atoms with Crippen LogP contribution < -0.4 is 0 Å². The Bertz CT molecular complexity index is 580. The van der Waals surface area contributed by atoms with Crippen LogP contribution >= 0.6 is 11.8 Å². The van der Waals surface area contributed by atoms with Crippen LogP contribution in [0.2, 0.25) is 0 Å². The van der Waals surface area contributed by atoms with Crippen LogP contribution in [-0.2, 0) is 28.1 Å². The summed E-state index contributed by atoms with van der Waals surface area (Å²) in [6.07, 6.45) is 1.33. The van der Waals surface area contributed by atoms with Gasteiger partial charge in [-0.3, -0.25) is 4.79 Å². The SMILES string of the molecule is CC(=O)CSc1nnc(C[C@@H]2CCS(=O)(=O)C2)n1C. The van der Waals surface area contributed by atoms with Gasteiger partial charge >= 0.3 is 0 Å². The standard InChI is InChI=1S/C11H17N3O3S2/c1-8(15)6-18-11-13-12-10(14(11)2)5-9-3-4-19(16,17)7-9/h9H,3-7H2,1-2H3/t9-/m0/s1. The minimum atomic E-state index is -2.85. The molecule has 0 aliphatic carbocycles. The fourth-order valence-corrected chi connectivity index (χ4v) is 4.70. The highest BCUT2D eigenvalue weighted by molar-refractivity contribution is 7.99. The highest BCUT2D eigenvalue weighted by Crippen LogP contribution is 2.23. The van der Waals surface area contributed by atoms with E-state index >= 15 is 0 Å². The molecule has 1 aliphatic heterocycles. The summed E-state index contributed by atoms with van der Waals surface area (Å²) in [5.74, 6) is 1.92. The third-order valence-corrected chi connectivity index (χ3v) is 6.13. The van der Waals surface area contributed by atoms with Crippen molar-refractivity contribution in [2.75, 3.05) is 17.3 Å². The summed E-state index contributed by atoms with van der Waals surface area (Å²) >= 11 is 1.36. The maximum absolute atomic E-state index is 11.4. The smallest absolute Gasteiger partial charge is 0.191 e. The third kappa shape index (κ3) is 3.79. The van der Waals surface area contributed by atoms with Crippen molar-refractivity contribution in [2.45, 2.75) is 24.9 Å². The van der Waals surface area contributed by atoms with Gasteiger partial charge in [-0.25, -0.2) is 8.42 Å². The Hall–Kier alpha value is -0.890. The molecular weight excluding hydrogens is 286 g/mol. The van der Waals surface area contributed by atoms with Crippen LogP contribution in [0.1, 0.15) is 19.2 Å². The first-order valence-corrected chi connectivity index (χ1v) is 8.89. The molecule has 0 aromatic carbocycles. The summed E-state index contributed by atoms with van der Waals surface area (Å²) in [6, 6.07) is 0. The minimum absolute atomic E-state index is 0.0939. The second-order valence-electron chi connectivity index (χ2n) is 4.92. The molecular formula is C11H17N3O3S2. The predicted octanol–water partition coefficient (Wildman–Crippen LogP) is 0.473. The first kappa shape index (κ1) is 14.5. The first-order valence-electron chi connectivity index (χ1n) is 6.08. The van der Waals surface area contributed by atoms with Gasteiger partial charge in [0.15, 0.2) is 15.0 Å². The van der Waals surface area contributed by atoms with Gasteiger partial charge in [0.25, 0.3) is 0 Å². The second-order valence-corrected chi connectivity index (χ2v) is 8.09. The molecule has 1 aromatic rings. The maximum Gasteiger partial charge on any atom is 0.191 e. The number of aromatic nitrogens is 3. The van der Waals surface area contributed by atoms with Crippen LogP contribution in [0, 0.1) is 5.92 Å². The van der Waals surface area contributed by atoms with Gasteiger partial charge in [-0.1, -0.05) is 11.8 Å². The minimum Gasteiger partial charge on any atom is -0.309 e. The number of sulfone groups is 1. The van der Waals surface area contributed by atoms with Gasteiger partial charge in [0, 0.05) is 13.5 Å². The van der Waals surface area contributed by atoms with E-state index < -0.39 is 9.84 Å². The van der Waals surface area contributed by atoms with Crippen molar-refractivity contribution in [3.63, 3.8) is 0 Å². The van der Waals surface area contributed by atoms with Gasteiger partial charge < -0.3 is 4.57 Å². The fraction of sp³-hybridized carbons (Fsp3) is 0.727. The lowest BCUT2D eigenvalue weighted by molar-refractivity contribution is -0.114. The number of rotatable bonds is 5. The molecule has 2 rings (SSSR count). The number of Topliss-reactive ketones (excluding diaryl/α,β-unsaturated/α-hetero) is 1. The van der Waals surface area contributed by atoms with Crippen molar-refractivity contribution in [1.29, 1.82) is 0 Å². The van der Waals surface area contributed by atoms with E-state index in [1.807, 2.05) is 11.6 Å². The zero-order valence-corrected chi connectivity index (χ0v) is 12.6. The van der Waals surface area contributed by atoms with Gasteiger partial charge in [0.1, 0.15) is 11.6 Å². The van der Waals surface area contributed by atoms with Crippen molar-refractivity contribution >= 4 is 27.4 Å². The largest absolute Gasteiger partial charge is 0.309 e. The summed E-state index contributed by atoms with van der Waals surface area (Å²) in [4.78, 5) is 10.9. The van der Waals surface area contributed by atoms with Gasteiger partial charge in [-0.15, -0.1) is 10.2 Å². The molecule has 0 radical (unpaired) electrons. The summed E-state index contributed by atoms with van der Waals surface area (Å²) in [5, 5.41) is 8.83. The van der Waals surface area contributed by atoms with Gasteiger partial charge in [0.2, 0.25) is 0 Å². The molecule has 2 heterocycles. The van der Waals surface area contributed by atoms with Crippen LogP contribution in [0.25, 0.3) is 0 Å². The van der Waals surface area contributed by atoms with E-state index in [-0.39, 0.29) is 23.2 Å². The zero-order chi connectivity index (χ0) is 14.0. The molecule has 0 saturated carbocycles. The molecule has 1 saturated heterocycles. The lowest BCUT2D eigenvalue weighted by Gasteiger charge is -2.07. The summed E-state index contributed by atoms with van der Waals surface area (Å²) in [6.45, 7) is 1.54. The molecule has 1 aromatic heterocycles. The van der Waals surface area contributed by atoms with E-state index in [0.29, 0.717) is 23.8 Å². The molecule has 1 fully saturated rings. The fourth-order valence-electron chi connectivity index (χ4n) is 2.11. The molecule has 0 N–H and O–H groups in total. The molecule has 0 bridgehead atoms. The average Bonchev–Trinajstić information content (AvgIpc) is 2.82. The van der Waals surface area contributed by atoms with E-state index in [1.54, 1.807) is 0 Å². The number of hydrogen-bond acceptors (Lipinski definition) is 6. The van der Waals surface area contributed by atoms with Crippen molar-refractivity contribution in [2.24, 2.45) is 13.0 Å². The molecule has 8 heteroatoms. The quantitative estimate of drug-likeness (QED) is 0.736. The van der Waals surface area contributed by atoms with Gasteiger partial charge in [0.05, 0.1) is 17.3 Å². The highest BCUT2D eigenvalue weighted by atomic mass is 32.2. The number of hydrogen-bond donors (Lipinski definition) is 0. The van der Waals surface area contributed by atoms with Crippen LogP contribution in [0.15, 0.2) is 5.16 Å². The van der Waals surface area contributed by atoms with Crippen LogP contribution in [-0.4, -0.2) is 46.2 Å². The highest BCUT2D eigenvalue weighted by Gasteiger charge is 2.29. The second kappa shape index (κ2) is 5.62. The van der Waals surface area contributed by atoms with E-state index in [9.17, 15) is 13.2 Å². The zero-order valence-electron chi connectivity index (χ0n) is 11.0. The lowest BCUT2D eigenvalue weighted by Crippen LogP contribution is -2.11. The molecule has 1 aliphatic rings. The van der Waals surface area contributed by atoms with Crippen molar-refractivity contribution in [3.8, 4) is 0 Å². The van der Waals surface area contributed by atoms with Crippen LogP contribution in [0.5, 0.6) is 0 Å². The molecule has 19 heavy (non-hydrogen) atoms. The van der Waals surface area contributed by atoms with Gasteiger partial charge in [-0.05, 0) is 19.3 Å². The number of carbonyl (C=O) groups excluding carboxylic acids is 1. The molecule has 1 atom stereocenters. The third-order valence-electron chi connectivity index (χ3n) is 3.13. The summed E-state index contributed by atoms with van der Waals surface area (Å²) in [7, 11) is -1.00. The Labute approximate surface area is 116 Å². The Morgan fingerprint density at radius 2 is 2.21 bits per heavy atom. The first-order chi connectivity index (χ1) is 8.87. The van der Waals surface area contributed by atoms with E-state index in [1.165, 1.54) is 18.7 Å². The molecule has 6 nitrogen and oxygen atoms in total. The topological polar surface area (TPSA) is 81.9 Å². The van der Waals surface area contributed by atoms with E-state index in [0.717, 1.165) is 5.82 Å².